The zero-order chi connectivity index (χ0) is 12.1. The maximum Gasteiger partial charge on any atom is 0.217 e. The van der Waals surface area contributed by atoms with Gasteiger partial charge in [0, 0.05) is 37.7 Å². The van der Waals surface area contributed by atoms with Crippen LogP contribution in [0.15, 0.2) is 0 Å². The molecule has 1 N–H and O–H groups in total. The van der Waals surface area contributed by atoms with E-state index in [0.717, 1.165) is 0 Å². The van der Waals surface area contributed by atoms with Crippen molar-refractivity contribution >= 4 is 5.78 Å². The van der Waals surface area contributed by atoms with Crippen LogP contribution in [0.3, 0.4) is 0 Å². The predicted octanol–water partition coefficient (Wildman–Crippen LogP) is 1.41. The molecule has 0 aromatic rings. The Labute approximate surface area is 89.6 Å². The highest BCUT2D eigenvalue weighted by Gasteiger charge is 2.35. The van der Waals surface area contributed by atoms with Crippen molar-refractivity contribution in [1.82, 2.24) is 0 Å². The van der Waals surface area contributed by atoms with Crippen LogP contribution in [-0.4, -0.2) is 28.0 Å². The van der Waals surface area contributed by atoms with Gasteiger partial charge in [-0.2, -0.15) is 0 Å². The topological polar surface area (TPSA) is 80.4 Å². The second-order valence-electron chi connectivity index (χ2n) is 4.45. The Bertz CT molecular complexity index is 238. The zero-order valence-corrected chi connectivity index (χ0v) is 9.52. The van der Waals surface area contributed by atoms with Gasteiger partial charge in [-0.3, -0.25) is 14.9 Å². The van der Waals surface area contributed by atoms with E-state index in [1.54, 1.807) is 0 Å². The average molecular weight is 217 g/mol. The predicted molar refractivity (Wildman–Crippen MR) is 56.2 cm³/mol. The molecule has 0 radical (unpaired) electrons. The lowest BCUT2D eigenvalue weighted by Crippen LogP contribution is -2.35. The van der Waals surface area contributed by atoms with Crippen molar-refractivity contribution in [2.24, 2.45) is 5.92 Å². The van der Waals surface area contributed by atoms with E-state index in [1.807, 2.05) is 0 Å². The van der Waals surface area contributed by atoms with Crippen molar-refractivity contribution in [2.45, 2.75) is 45.6 Å². The van der Waals surface area contributed by atoms with Gasteiger partial charge < -0.3 is 5.11 Å². The van der Waals surface area contributed by atoms with Crippen LogP contribution >= 0.6 is 0 Å². The van der Waals surface area contributed by atoms with Crippen molar-refractivity contribution in [3.8, 4) is 0 Å². The first-order chi connectivity index (χ1) is 6.81. The molecule has 15 heavy (non-hydrogen) atoms. The highest BCUT2D eigenvalue weighted by molar-refractivity contribution is 5.78. The number of rotatable bonds is 7. The van der Waals surface area contributed by atoms with Gasteiger partial charge in [-0.25, -0.2) is 0 Å². The summed E-state index contributed by atoms with van der Waals surface area (Å²) in [5.74, 6) is -0.365. The summed E-state index contributed by atoms with van der Waals surface area (Å²) in [6, 6.07) is 0. The maximum absolute atomic E-state index is 11.2. The maximum atomic E-state index is 11.2. The van der Waals surface area contributed by atoms with Gasteiger partial charge in [-0.1, -0.05) is 0 Å². The van der Waals surface area contributed by atoms with E-state index in [9.17, 15) is 14.9 Å². The Morgan fingerprint density at radius 2 is 2.07 bits per heavy atom. The largest absolute Gasteiger partial charge is 0.396 e. The minimum atomic E-state index is -1.08. The molecule has 0 bridgehead atoms. The summed E-state index contributed by atoms with van der Waals surface area (Å²) in [7, 11) is 0. The van der Waals surface area contributed by atoms with Crippen molar-refractivity contribution in [3.05, 3.63) is 10.1 Å². The molecule has 5 nitrogen and oxygen atoms in total. The standard InChI is InChI=1S/C10H19NO4/c1-8(13)9(5-4-6-12)7-10(2,3)11(14)15/h9,12H,4-7H2,1-3H3/t9-/m0/s1. The van der Waals surface area contributed by atoms with Crippen LogP contribution in [0.4, 0.5) is 0 Å². The Balaban J connectivity index is 4.40. The molecule has 0 saturated heterocycles. The fourth-order valence-electron chi connectivity index (χ4n) is 1.46. The Morgan fingerprint density at radius 3 is 2.40 bits per heavy atom. The highest BCUT2D eigenvalue weighted by Crippen LogP contribution is 2.23. The van der Waals surface area contributed by atoms with E-state index in [1.165, 1.54) is 20.8 Å². The third kappa shape index (κ3) is 4.88. The molecule has 88 valence electrons. The second kappa shape index (κ2) is 5.80. The minimum Gasteiger partial charge on any atom is -0.396 e. The fraction of sp³-hybridized carbons (Fsp3) is 0.900. The van der Waals surface area contributed by atoms with E-state index in [0.29, 0.717) is 12.8 Å². The minimum absolute atomic E-state index is 0.0165. The van der Waals surface area contributed by atoms with E-state index < -0.39 is 5.54 Å². The van der Waals surface area contributed by atoms with Crippen LogP contribution in [0.1, 0.15) is 40.0 Å². The van der Waals surface area contributed by atoms with E-state index >= 15 is 0 Å². The summed E-state index contributed by atoms with van der Waals surface area (Å²) in [5, 5.41) is 19.4. The Kier molecular flexibility index (Phi) is 5.43. The Morgan fingerprint density at radius 1 is 1.53 bits per heavy atom. The molecule has 0 aromatic heterocycles. The van der Waals surface area contributed by atoms with Crippen molar-refractivity contribution in [3.63, 3.8) is 0 Å². The van der Waals surface area contributed by atoms with Gasteiger partial charge in [-0.05, 0) is 19.8 Å². The normalized spacial score (nSPS) is 13.6. The molecular formula is C10H19NO4. The van der Waals surface area contributed by atoms with Gasteiger partial charge in [0.1, 0.15) is 5.78 Å². The van der Waals surface area contributed by atoms with Crippen molar-refractivity contribution in [2.75, 3.05) is 6.61 Å². The van der Waals surface area contributed by atoms with Crippen molar-refractivity contribution in [1.29, 1.82) is 0 Å². The summed E-state index contributed by atoms with van der Waals surface area (Å²) in [6.45, 7) is 4.49. The first kappa shape index (κ1) is 14.0. The van der Waals surface area contributed by atoms with Crippen LogP contribution in [-0.2, 0) is 4.79 Å². The van der Waals surface area contributed by atoms with Gasteiger partial charge >= 0.3 is 0 Å². The van der Waals surface area contributed by atoms with E-state index in [-0.39, 0.29) is 29.7 Å². The highest BCUT2D eigenvalue weighted by atomic mass is 16.6. The lowest BCUT2D eigenvalue weighted by Gasteiger charge is -2.21. The average Bonchev–Trinajstić information content (AvgIpc) is 2.11. The molecular weight excluding hydrogens is 198 g/mol. The number of ketones is 1. The number of Topliss-reactive ketones (excluding diaryl/α,β-unsaturated/α-hetero) is 1. The number of hydrogen-bond acceptors (Lipinski definition) is 4. The van der Waals surface area contributed by atoms with E-state index in [2.05, 4.69) is 0 Å². The molecule has 5 heteroatoms. The zero-order valence-electron chi connectivity index (χ0n) is 9.52. The third-order valence-electron chi connectivity index (χ3n) is 2.53. The number of carbonyl (C=O) groups is 1. The van der Waals surface area contributed by atoms with Crippen LogP contribution in [0.25, 0.3) is 0 Å². The lowest BCUT2D eigenvalue weighted by molar-refractivity contribution is -0.562. The van der Waals surface area contributed by atoms with Crippen LogP contribution in [0.5, 0.6) is 0 Å². The summed E-state index contributed by atoms with van der Waals surface area (Å²) < 4.78 is 0. The number of nitrogens with zero attached hydrogens (tertiary/aromatic N) is 1. The van der Waals surface area contributed by atoms with Gasteiger partial charge in [0.05, 0.1) is 0 Å². The molecule has 0 unspecified atom stereocenters. The third-order valence-corrected chi connectivity index (χ3v) is 2.53. The molecule has 0 amide bonds. The van der Waals surface area contributed by atoms with Crippen LogP contribution in [0, 0.1) is 16.0 Å². The summed E-state index contributed by atoms with van der Waals surface area (Å²) in [5.41, 5.74) is -1.08. The molecule has 0 aliphatic heterocycles. The van der Waals surface area contributed by atoms with Gasteiger partial charge in [-0.15, -0.1) is 0 Å². The van der Waals surface area contributed by atoms with Gasteiger partial charge in [0.15, 0.2) is 0 Å². The number of aliphatic hydroxyl groups excluding tert-OH is 1. The molecule has 1 atom stereocenters. The summed E-state index contributed by atoms with van der Waals surface area (Å²) in [6.07, 6.45) is 1.26. The molecule has 0 saturated carbocycles. The first-order valence-electron chi connectivity index (χ1n) is 5.07. The molecule has 0 aliphatic carbocycles. The van der Waals surface area contributed by atoms with Crippen LogP contribution < -0.4 is 0 Å². The number of aliphatic hydroxyl groups is 1. The quantitative estimate of drug-likeness (QED) is 0.516. The summed E-state index contributed by atoms with van der Waals surface area (Å²) >= 11 is 0. The molecule has 0 fully saturated rings. The number of hydrogen-bond donors (Lipinski definition) is 1. The van der Waals surface area contributed by atoms with E-state index in [4.69, 9.17) is 5.11 Å². The lowest BCUT2D eigenvalue weighted by atomic mass is 9.86. The van der Waals surface area contributed by atoms with Gasteiger partial charge in [0.2, 0.25) is 5.54 Å². The van der Waals surface area contributed by atoms with Crippen LogP contribution in [0.2, 0.25) is 0 Å². The van der Waals surface area contributed by atoms with Crippen molar-refractivity contribution < 1.29 is 14.8 Å². The molecule has 0 heterocycles. The monoisotopic (exact) mass is 217 g/mol. The molecule has 0 spiro atoms. The molecule has 0 aromatic carbocycles. The number of carbonyl (C=O) groups excluding carboxylic acids is 1. The SMILES string of the molecule is CC(=O)[C@@H](CCCO)CC(C)(C)[N+](=O)[O-]. The molecule has 0 aliphatic rings. The fourth-order valence-corrected chi connectivity index (χ4v) is 1.46. The first-order valence-corrected chi connectivity index (χ1v) is 5.07. The molecule has 0 rings (SSSR count). The van der Waals surface area contributed by atoms with Gasteiger partial charge in [0.25, 0.3) is 0 Å². The Hall–Kier alpha value is -0.970. The summed E-state index contributed by atoms with van der Waals surface area (Å²) in [4.78, 5) is 21.6. The number of nitro groups is 1. The smallest absolute Gasteiger partial charge is 0.217 e. The second-order valence-corrected chi connectivity index (χ2v) is 4.45.